The first-order valence-electron chi connectivity index (χ1n) is 9.84. The first-order valence-corrected chi connectivity index (χ1v) is 9.84. The molecule has 1 amide bonds. The van der Waals surface area contributed by atoms with Crippen molar-refractivity contribution >= 4 is 5.91 Å². The van der Waals surface area contributed by atoms with Gasteiger partial charge in [0.2, 0.25) is 0 Å². The predicted molar refractivity (Wildman–Crippen MR) is 114 cm³/mol. The van der Waals surface area contributed by atoms with Crippen LogP contribution in [0.2, 0.25) is 0 Å². The van der Waals surface area contributed by atoms with E-state index < -0.39 is 5.60 Å². The molecule has 3 rings (SSSR count). The Morgan fingerprint density at radius 2 is 1.79 bits per heavy atom. The third kappa shape index (κ3) is 6.08. The standard InChI is InChI=1S/C24H28N2O3/c1-24(2,28)12-11-19-7-9-21(10-8-19)23(27)26-15-13-25(14-16-26)18-20-5-4-6-22(17-20)29-3/h4-10,17,28H,13-16,18H2,1-3H3. The average molecular weight is 392 g/mol. The van der Waals surface area contributed by atoms with Crippen molar-refractivity contribution in [2.24, 2.45) is 0 Å². The van der Waals surface area contributed by atoms with Crippen molar-refractivity contribution in [2.75, 3.05) is 33.3 Å². The van der Waals surface area contributed by atoms with Gasteiger partial charge < -0.3 is 14.7 Å². The van der Waals surface area contributed by atoms with Crippen LogP contribution in [0.15, 0.2) is 48.5 Å². The van der Waals surface area contributed by atoms with E-state index in [1.165, 1.54) is 5.56 Å². The molecule has 2 aromatic rings. The highest BCUT2D eigenvalue weighted by molar-refractivity contribution is 5.94. The van der Waals surface area contributed by atoms with Crippen LogP contribution in [0.5, 0.6) is 5.75 Å². The molecule has 152 valence electrons. The van der Waals surface area contributed by atoms with Crippen LogP contribution in [0, 0.1) is 11.8 Å². The summed E-state index contributed by atoms with van der Waals surface area (Å²) < 4.78 is 5.29. The maximum Gasteiger partial charge on any atom is 0.253 e. The van der Waals surface area contributed by atoms with Crippen LogP contribution in [0.4, 0.5) is 0 Å². The Kier molecular flexibility index (Phi) is 6.58. The Morgan fingerprint density at radius 3 is 2.41 bits per heavy atom. The number of ether oxygens (including phenoxy) is 1. The van der Waals surface area contributed by atoms with Gasteiger partial charge >= 0.3 is 0 Å². The van der Waals surface area contributed by atoms with E-state index in [0.717, 1.165) is 30.9 Å². The van der Waals surface area contributed by atoms with E-state index in [-0.39, 0.29) is 5.91 Å². The van der Waals surface area contributed by atoms with Crippen molar-refractivity contribution < 1.29 is 14.6 Å². The first kappa shape index (κ1) is 20.9. The van der Waals surface area contributed by atoms with Crippen LogP contribution >= 0.6 is 0 Å². The Bertz CT molecular complexity index is 896. The molecule has 0 unspecified atom stereocenters. The summed E-state index contributed by atoms with van der Waals surface area (Å²) in [6.07, 6.45) is 0. The molecule has 0 spiro atoms. The summed E-state index contributed by atoms with van der Waals surface area (Å²) in [5.74, 6) is 6.62. The minimum absolute atomic E-state index is 0.0491. The summed E-state index contributed by atoms with van der Waals surface area (Å²) in [5, 5.41) is 9.69. The van der Waals surface area contributed by atoms with Gasteiger partial charge in [0.1, 0.15) is 11.4 Å². The molecule has 1 N–H and O–H groups in total. The quantitative estimate of drug-likeness (QED) is 0.813. The van der Waals surface area contributed by atoms with Crippen LogP contribution in [-0.4, -0.2) is 59.7 Å². The Balaban J connectivity index is 1.55. The van der Waals surface area contributed by atoms with E-state index in [9.17, 15) is 9.90 Å². The number of aliphatic hydroxyl groups is 1. The lowest BCUT2D eigenvalue weighted by atomic mass is 10.1. The maximum atomic E-state index is 12.8. The molecule has 1 heterocycles. The average Bonchev–Trinajstić information content (AvgIpc) is 2.72. The summed E-state index contributed by atoms with van der Waals surface area (Å²) in [6, 6.07) is 15.4. The lowest BCUT2D eigenvalue weighted by Crippen LogP contribution is -2.48. The van der Waals surface area contributed by atoms with Crippen molar-refractivity contribution in [2.45, 2.75) is 26.0 Å². The highest BCUT2D eigenvalue weighted by atomic mass is 16.5. The predicted octanol–water partition coefficient (Wildman–Crippen LogP) is 2.78. The molecular weight excluding hydrogens is 364 g/mol. The van der Waals surface area contributed by atoms with Gasteiger partial charge in [-0.15, -0.1) is 0 Å². The molecule has 0 atom stereocenters. The van der Waals surface area contributed by atoms with E-state index in [1.54, 1.807) is 33.1 Å². The summed E-state index contributed by atoms with van der Waals surface area (Å²) in [4.78, 5) is 17.0. The number of carbonyl (C=O) groups excluding carboxylic acids is 1. The van der Waals surface area contributed by atoms with E-state index >= 15 is 0 Å². The van der Waals surface area contributed by atoms with Gasteiger partial charge in [0.05, 0.1) is 7.11 Å². The van der Waals surface area contributed by atoms with Gasteiger partial charge in [-0.05, 0) is 55.8 Å². The first-order chi connectivity index (χ1) is 13.8. The van der Waals surface area contributed by atoms with Crippen molar-refractivity contribution in [3.8, 4) is 17.6 Å². The maximum absolute atomic E-state index is 12.8. The molecule has 5 nitrogen and oxygen atoms in total. The SMILES string of the molecule is COc1cccc(CN2CCN(C(=O)c3ccc(C#CC(C)(C)O)cc3)CC2)c1. The number of hydrogen-bond acceptors (Lipinski definition) is 4. The second-order valence-corrected chi connectivity index (χ2v) is 7.81. The molecule has 1 fully saturated rings. The zero-order valence-electron chi connectivity index (χ0n) is 17.3. The zero-order valence-corrected chi connectivity index (χ0v) is 17.3. The van der Waals surface area contributed by atoms with Crippen LogP contribution in [-0.2, 0) is 6.54 Å². The van der Waals surface area contributed by atoms with Gasteiger partial charge in [0, 0.05) is 43.9 Å². The monoisotopic (exact) mass is 392 g/mol. The molecule has 0 aliphatic carbocycles. The highest BCUT2D eigenvalue weighted by Gasteiger charge is 2.22. The van der Waals surface area contributed by atoms with Gasteiger partial charge in [-0.2, -0.15) is 0 Å². The van der Waals surface area contributed by atoms with E-state index in [4.69, 9.17) is 4.74 Å². The summed E-state index contributed by atoms with van der Waals surface area (Å²) >= 11 is 0. The van der Waals surface area contributed by atoms with Gasteiger partial charge in [-0.25, -0.2) is 0 Å². The molecule has 5 heteroatoms. The lowest BCUT2D eigenvalue weighted by molar-refractivity contribution is 0.0628. The summed E-state index contributed by atoms with van der Waals surface area (Å²) in [5.41, 5.74) is 1.64. The van der Waals surface area contributed by atoms with Crippen LogP contribution in [0.1, 0.15) is 35.3 Å². The number of rotatable bonds is 4. The molecule has 0 saturated carbocycles. The molecule has 0 aromatic heterocycles. The highest BCUT2D eigenvalue weighted by Crippen LogP contribution is 2.16. The van der Waals surface area contributed by atoms with Gasteiger partial charge in [-0.3, -0.25) is 9.69 Å². The number of nitrogens with zero attached hydrogens (tertiary/aromatic N) is 2. The second kappa shape index (κ2) is 9.13. The van der Waals surface area contributed by atoms with Gasteiger partial charge in [-0.1, -0.05) is 24.0 Å². The molecule has 2 aromatic carbocycles. The van der Waals surface area contributed by atoms with Crippen molar-refractivity contribution in [1.29, 1.82) is 0 Å². The Morgan fingerprint density at radius 1 is 1.10 bits per heavy atom. The number of amides is 1. The molecular formula is C24H28N2O3. The zero-order chi connectivity index (χ0) is 20.9. The molecule has 0 bridgehead atoms. The molecule has 0 radical (unpaired) electrons. The molecule has 1 aliphatic rings. The van der Waals surface area contributed by atoms with Gasteiger partial charge in [0.15, 0.2) is 0 Å². The summed E-state index contributed by atoms with van der Waals surface area (Å²) in [7, 11) is 1.68. The number of piperazine rings is 1. The number of hydrogen-bond donors (Lipinski definition) is 1. The van der Waals surface area contributed by atoms with Crippen molar-refractivity contribution in [3.05, 3.63) is 65.2 Å². The minimum Gasteiger partial charge on any atom is -0.497 e. The van der Waals surface area contributed by atoms with E-state index in [1.807, 2.05) is 29.2 Å². The lowest BCUT2D eigenvalue weighted by Gasteiger charge is -2.34. The molecule has 1 aliphatic heterocycles. The number of benzene rings is 2. The topological polar surface area (TPSA) is 53.0 Å². The fourth-order valence-electron chi connectivity index (χ4n) is 3.24. The largest absolute Gasteiger partial charge is 0.497 e. The second-order valence-electron chi connectivity index (χ2n) is 7.81. The van der Waals surface area contributed by atoms with Crippen molar-refractivity contribution in [1.82, 2.24) is 9.80 Å². The third-order valence-electron chi connectivity index (χ3n) is 4.84. The Labute approximate surface area is 172 Å². The van der Waals surface area contributed by atoms with Crippen LogP contribution < -0.4 is 4.74 Å². The fourth-order valence-corrected chi connectivity index (χ4v) is 3.24. The Hall–Kier alpha value is -2.81. The van der Waals surface area contributed by atoms with Crippen LogP contribution in [0.25, 0.3) is 0 Å². The van der Waals surface area contributed by atoms with Crippen molar-refractivity contribution in [3.63, 3.8) is 0 Å². The van der Waals surface area contributed by atoms with E-state index in [0.29, 0.717) is 18.7 Å². The van der Waals surface area contributed by atoms with Gasteiger partial charge in [0.25, 0.3) is 5.91 Å². The summed E-state index contributed by atoms with van der Waals surface area (Å²) in [6.45, 7) is 7.26. The molecule has 29 heavy (non-hydrogen) atoms. The number of carbonyl (C=O) groups is 1. The number of methoxy groups -OCH3 is 1. The minimum atomic E-state index is -1.03. The van der Waals surface area contributed by atoms with Crippen LogP contribution in [0.3, 0.4) is 0 Å². The molecule has 1 saturated heterocycles. The normalized spacial score (nSPS) is 14.8. The smallest absolute Gasteiger partial charge is 0.253 e. The third-order valence-corrected chi connectivity index (χ3v) is 4.84. The fraction of sp³-hybridized carbons (Fsp3) is 0.375. The van der Waals surface area contributed by atoms with E-state index in [2.05, 4.69) is 28.9 Å².